The highest BCUT2D eigenvalue weighted by Crippen LogP contribution is 2.16. The van der Waals surface area contributed by atoms with E-state index in [1.54, 1.807) is 0 Å². The Morgan fingerprint density at radius 1 is 1.31 bits per heavy atom. The maximum atomic E-state index is 11.3. The lowest BCUT2D eigenvalue weighted by Gasteiger charge is -2.03. The van der Waals surface area contributed by atoms with E-state index in [0.29, 0.717) is 5.75 Å². The van der Waals surface area contributed by atoms with Crippen LogP contribution in [0.3, 0.4) is 0 Å². The molecule has 0 fully saturated rings. The van der Waals surface area contributed by atoms with Crippen molar-refractivity contribution in [3.05, 3.63) is 52.6 Å². The molecule has 1 aromatic heterocycles. The van der Waals surface area contributed by atoms with Crippen LogP contribution in [0.2, 0.25) is 0 Å². The van der Waals surface area contributed by atoms with E-state index >= 15 is 0 Å². The Hall–Kier alpha value is -2.10. The summed E-state index contributed by atoms with van der Waals surface area (Å²) in [6, 6.07) is 7.58. The van der Waals surface area contributed by atoms with Gasteiger partial charge in [0.25, 0.3) is 5.88 Å². The number of aryl methyl sites for hydroxylation is 1. The molecular weight excluding hydrogens is 204 g/mol. The van der Waals surface area contributed by atoms with Crippen molar-refractivity contribution in [1.82, 2.24) is 9.97 Å². The fourth-order valence-electron chi connectivity index (χ4n) is 1.32. The van der Waals surface area contributed by atoms with E-state index in [4.69, 9.17) is 4.74 Å². The molecule has 0 unspecified atom stereocenters. The highest BCUT2D eigenvalue weighted by Gasteiger charge is 2.02. The summed E-state index contributed by atoms with van der Waals surface area (Å²) in [5, 5.41) is 0. The first kappa shape index (κ1) is 10.4. The number of nitrogens with one attached hydrogen (secondary N) is 1. The van der Waals surface area contributed by atoms with Crippen LogP contribution < -0.4 is 10.3 Å². The van der Waals surface area contributed by atoms with Crippen molar-refractivity contribution in [1.29, 1.82) is 0 Å². The first-order chi connectivity index (χ1) is 7.79. The standard InChI is InChI=1S/C12H12N2O2/c1-2-9-3-5-10(6-4-9)16-12-11(15)13-7-8-14-12/h3-8H,2H2,1H3,(H,13,15). The van der Waals surface area contributed by atoms with Gasteiger partial charge >= 0.3 is 5.56 Å². The molecule has 0 atom stereocenters. The number of H-pyrrole nitrogens is 1. The molecule has 4 heteroatoms. The normalized spacial score (nSPS) is 10.1. The zero-order valence-electron chi connectivity index (χ0n) is 8.93. The summed E-state index contributed by atoms with van der Waals surface area (Å²) < 4.78 is 5.35. The molecule has 4 nitrogen and oxygen atoms in total. The second-order valence-corrected chi connectivity index (χ2v) is 3.32. The summed E-state index contributed by atoms with van der Waals surface area (Å²) in [4.78, 5) is 17.7. The van der Waals surface area contributed by atoms with E-state index in [9.17, 15) is 4.79 Å². The fourth-order valence-corrected chi connectivity index (χ4v) is 1.32. The number of rotatable bonds is 3. The van der Waals surface area contributed by atoms with Crippen LogP contribution in [0.4, 0.5) is 0 Å². The van der Waals surface area contributed by atoms with Gasteiger partial charge in [-0.05, 0) is 24.1 Å². The molecule has 0 bridgehead atoms. The highest BCUT2D eigenvalue weighted by molar-refractivity contribution is 5.29. The number of aromatic nitrogens is 2. The zero-order chi connectivity index (χ0) is 11.4. The molecule has 0 aliphatic heterocycles. The fraction of sp³-hybridized carbons (Fsp3) is 0.167. The van der Waals surface area contributed by atoms with E-state index in [2.05, 4.69) is 16.9 Å². The summed E-state index contributed by atoms with van der Waals surface area (Å²) in [6.45, 7) is 2.08. The number of aromatic amines is 1. The van der Waals surface area contributed by atoms with Crippen molar-refractivity contribution < 1.29 is 4.74 Å². The molecular formula is C12H12N2O2. The Kier molecular flexibility index (Phi) is 3.00. The second kappa shape index (κ2) is 4.61. The molecule has 0 saturated carbocycles. The van der Waals surface area contributed by atoms with Crippen LogP contribution in [-0.4, -0.2) is 9.97 Å². The van der Waals surface area contributed by atoms with Crippen LogP contribution in [0.25, 0.3) is 0 Å². The molecule has 0 saturated heterocycles. The van der Waals surface area contributed by atoms with Gasteiger partial charge in [0.15, 0.2) is 0 Å². The van der Waals surface area contributed by atoms with Gasteiger partial charge in [-0.1, -0.05) is 19.1 Å². The number of hydrogen-bond donors (Lipinski definition) is 1. The molecule has 0 aliphatic rings. The van der Waals surface area contributed by atoms with E-state index in [0.717, 1.165) is 6.42 Å². The third kappa shape index (κ3) is 2.28. The average molecular weight is 216 g/mol. The van der Waals surface area contributed by atoms with Gasteiger partial charge in [0, 0.05) is 12.4 Å². The summed E-state index contributed by atoms with van der Waals surface area (Å²) in [5.74, 6) is 0.674. The number of nitrogens with zero attached hydrogens (tertiary/aromatic N) is 1. The van der Waals surface area contributed by atoms with Gasteiger partial charge in [-0.3, -0.25) is 4.79 Å². The number of hydrogen-bond acceptors (Lipinski definition) is 3. The van der Waals surface area contributed by atoms with Gasteiger partial charge in [-0.15, -0.1) is 0 Å². The summed E-state index contributed by atoms with van der Waals surface area (Å²) in [7, 11) is 0. The molecule has 82 valence electrons. The predicted molar refractivity (Wildman–Crippen MR) is 60.8 cm³/mol. The second-order valence-electron chi connectivity index (χ2n) is 3.32. The van der Waals surface area contributed by atoms with E-state index in [1.807, 2.05) is 24.3 Å². The Labute approximate surface area is 92.9 Å². The lowest BCUT2D eigenvalue weighted by Crippen LogP contribution is -2.09. The summed E-state index contributed by atoms with van der Waals surface area (Å²) in [5.41, 5.74) is 0.893. The Morgan fingerprint density at radius 2 is 2.06 bits per heavy atom. The zero-order valence-corrected chi connectivity index (χ0v) is 8.93. The van der Waals surface area contributed by atoms with Gasteiger partial charge in [0.1, 0.15) is 5.75 Å². The van der Waals surface area contributed by atoms with E-state index < -0.39 is 0 Å². The predicted octanol–water partition coefficient (Wildman–Crippen LogP) is 2.12. The van der Waals surface area contributed by atoms with Crippen LogP contribution in [0.1, 0.15) is 12.5 Å². The monoisotopic (exact) mass is 216 g/mol. The first-order valence-electron chi connectivity index (χ1n) is 5.10. The quantitative estimate of drug-likeness (QED) is 0.855. The first-order valence-corrected chi connectivity index (χ1v) is 5.10. The largest absolute Gasteiger partial charge is 0.435 e. The maximum absolute atomic E-state index is 11.3. The smallest absolute Gasteiger partial charge is 0.311 e. The minimum absolute atomic E-state index is 0.0618. The Bertz CT molecular complexity index is 517. The highest BCUT2D eigenvalue weighted by atomic mass is 16.5. The molecule has 2 aromatic rings. The van der Waals surface area contributed by atoms with Crippen molar-refractivity contribution in [3.8, 4) is 11.6 Å². The van der Waals surface area contributed by atoms with Gasteiger partial charge in [-0.2, -0.15) is 0 Å². The Morgan fingerprint density at radius 3 is 2.69 bits per heavy atom. The van der Waals surface area contributed by atoms with Crippen molar-refractivity contribution in [2.75, 3.05) is 0 Å². The maximum Gasteiger partial charge on any atom is 0.311 e. The molecule has 2 rings (SSSR count). The molecule has 0 aliphatic carbocycles. The van der Waals surface area contributed by atoms with E-state index in [-0.39, 0.29) is 11.4 Å². The molecule has 1 heterocycles. The topological polar surface area (TPSA) is 55.0 Å². The van der Waals surface area contributed by atoms with Gasteiger partial charge in [0.2, 0.25) is 0 Å². The lowest BCUT2D eigenvalue weighted by molar-refractivity contribution is 0.454. The third-order valence-corrected chi connectivity index (χ3v) is 2.22. The molecule has 16 heavy (non-hydrogen) atoms. The summed E-state index contributed by atoms with van der Waals surface area (Å²) >= 11 is 0. The van der Waals surface area contributed by atoms with Crippen molar-refractivity contribution in [3.63, 3.8) is 0 Å². The van der Waals surface area contributed by atoms with Gasteiger partial charge in [-0.25, -0.2) is 4.98 Å². The van der Waals surface area contributed by atoms with Gasteiger partial charge < -0.3 is 9.72 Å². The van der Waals surface area contributed by atoms with Crippen molar-refractivity contribution in [2.24, 2.45) is 0 Å². The molecule has 1 N–H and O–H groups in total. The Balaban J connectivity index is 2.21. The van der Waals surface area contributed by atoms with Gasteiger partial charge in [0.05, 0.1) is 0 Å². The lowest BCUT2D eigenvalue weighted by atomic mass is 10.2. The van der Waals surface area contributed by atoms with Crippen LogP contribution in [0.15, 0.2) is 41.5 Å². The molecule has 0 spiro atoms. The van der Waals surface area contributed by atoms with Crippen molar-refractivity contribution in [2.45, 2.75) is 13.3 Å². The number of ether oxygens (including phenoxy) is 1. The number of benzene rings is 1. The molecule has 1 aromatic carbocycles. The van der Waals surface area contributed by atoms with E-state index in [1.165, 1.54) is 18.0 Å². The minimum Gasteiger partial charge on any atom is -0.435 e. The van der Waals surface area contributed by atoms with Crippen LogP contribution >= 0.6 is 0 Å². The molecule has 0 amide bonds. The minimum atomic E-state index is -0.331. The average Bonchev–Trinajstić information content (AvgIpc) is 2.33. The third-order valence-electron chi connectivity index (χ3n) is 2.22. The van der Waals surface area contributed by atoms with Crippen LogP contribution in [0, 0.1) is 0 Å². The van der Waals surface area contributed by atoms with Crippen molar-refractivity contribution >= 4 is 0 Å². The molecule has 0 radical (unpaired) electrons. The SMILES string of the molecule is CCc1ccc(Oc2ncc[nH]c2=O)cc1. The van der Waals surface area contributed by atoms with Crippen LogP contribution in [-0.2, 0) is 6.42 Å². The van der Waals surface area contributed by atoms with Crippen LogP contribution in [0.5, 0.6) is 11.6 Å². The summed E-state index contributed by atoms with van der Waals surface area (Å²) in [6.07, 6.45) is 3.93.